The van der Waals surface area contributed by atoms with Crippen molar-refractivity contribution < 1.29 is 9.90 Å². The fourth-order valence-electron chi connectivity index (χ4n) is 2.79. The van der Waals surface area contributed by atoms with Gasteiger partial charge in [0.15, 0.2) is 5.69 Å². The highest BCUT2D eigenvalue weighted by molar-refractivity contribution is 5.92. The molecule has 1 aromatic rings. The van der Waals surface area contributed by atoms with E-state index in [0.717, 1.165) is 25.8 Å². The zero-order valence-corrected chi connectivity index (χ0v) is 13.4. The molecule has 1 N–H and O–H groups in total. The third-order valence-corrected chi connectivity index (χ3v) is 4.02. The fraction of sp³-hybridized carbons (Fsp3) is 0.800. The van der Waals surface area contributed by atoms with E-state index in [0.29, 0.717) is 18.2 Å². The zero-order chi connectivity index (χ0) is 15.6. The van der Waals surface area contributed by atoms with E-state index in [1.165, 1.54) is 0 Å². The number of hydrogen-bond donors (Lipinski definition) is 1. The number of aryl methyl sites for hydroxylation is 1. The summed E-state index contributed by atoms with van der Waals surface area (Å²) >= 11 is 0. The van der Waals surface area contributed by atoms with Gasteiger partial charge in [-0.1, -0.05) is 19.1 Å². The molecule has 0 bridgehead atoms. The molecule has 1 atom stereocenters. The van der Waals surface area contributed by atoms with E-state index in [9.17, 15) is 9.90 Å². The van der Waals surface area contributed by atoms with Crippen LogP contribution in [0, 0.1) is 5.92 Å². The molecular formula is C15H26N4O2. The summed E-state index contributed by atoms with van der Waals surface area (Å²) in [6.07, 6.45) is 4.47. The Morgan fingerprint density at radius 3 is 2.86 bits per heavy atom. The zero-order valence-electron chi connectivity index (χ0n) is 13.4. The van der Waals surface area contributed by atoms with Gasteiger partial charge in [0.2, 0.25) is 0 Å². The number of hydrogen-bond acceptors (Lipinski definition) is 4. The summed E-state index contributed by atoms with van der Waals surface area (Å²) in [5.74, 6) is 0.460. The highest BCUT2D eigenvalue weighted by Gasteiger charge is 2.39. The molecule has 1 unspecified atom stereocenters. The summed E-state index contributed by atoms with van der Waals surface area (Å²) in [5.41, 5.74) is -0.519. The van der Waals surface area contributed by atoms with Gasteiger partial charge in [0, 0.05) is 13.1 Å². The van der Waals surface area contributed by atoms with Crippen LogP contribution < -0.4 is 0 Å². The average Bonchev–Trinajstić information content (AvgIpc) is 3.04. The monoisotopic (exact) mass is 294 g/mol. The first-order valence-corrected chi connectivity index (χ1v) is 7.72. The van der Waals surface area contributed by atoms with E-state index < -0.39 is 5.60 Å². The Hall–Kier alpha value is -1.43. The van der Waals surface area contributed by atoms with Gasteiger partial charge >= 0.3 is 0 Å². The molecule has 1 aliphatic rings. The Labute approximate surface area is 126 Å². The minimum absolute atomic E-state index is 0.129. The van der Waals surface area contributed by atoms with Crippen LogP contribution in [-0.2, 0) is 6.54 Å². The Morgan fingerprint density at radius 1 is 1.52 bits per heavy atom. The molecule has 2 rings (SSSR count). The number of nitrogens with zero attached hydrogens (tertiary/aromatic N) is 4. The van der Waals surface area contributed by atoms with E-state index in [-0.39, 0.29) is 11.9 Å². The Kier molecular flexibility index (Phi) is 4.66. The number of amides is 1. The summed E-state index contributed by atoms with van der Waals surface area (Å²) in [7, 11) is 0. The number of likely N-dealkylation sites (tertiary alicyclic amines) is 1. The first-order chi connectivity index (χ1) is 9.79. The first-order valence-electron chi connectivity index (χ1n) is 7.72. The predicted octanol–water partition coefficient (Wildman–Crippen LogP) is 1.70. The van der Waals surface area contributed by atoms with E-state index in [1.54, 1.807) is 29.6 Å². The quantitative estimate of drug-likeness (QED) is 0.897. The van der Waals surface area contributed by atoms with Crippen LogP contribution in [-0.4, -0.2) is 49.1 Å². The average molecular weight is 294 g/mol. The largest absolute Gasteiger partial charge is 0.388 e. The lowest BCUT2D eigenvalue weighted by atomic mass is 9.96. The van der Waals surface area contributed by atoms with Gasteiger partial charge in [0.1, 0.15) is 0 Å². The van der Waals surface area contributed by atoms with Crippen molar-refractivity contribution >= 4 is 5.91 Å². The van der Waals surface area contributed by atoms with Crippen LogP contribution in [0.3, 0.4) is 0 Å². The van der Waals surface area contributed by atoms with Crippen molar-refractivity contribution in [3.63, 3.8) is 0 Å². The molecule has 1 aliphatic heterocycles. The van der Waals surface area contributed by atoms with E-state index in [2.05, 4.69) is 24.2 Å². The van der Waals surface area contributed by atoms with Crippen LogP contribution >= 0.6 is 0 Å². The molecular weight excluding hydrogens is 268 g/mol. The third kappa shape index (κ3) is 3.81. The van der Waals surface area contributed by atoms with Crippen molar-refractivity contribution in [3.8, 4) is 0 Å². The molecule has 0 radical (unpaired) electrons. The summed E-state index contributed by atoms with van der Waals surface area (Å²) in [4.78, 5) is 14.3. The van der Waals surface area contributed by atoms with Gasteiger partial charge < -0.3 is 10.0 Å². The maximum absolute atomic E-state index is 12.6. The van der Waals surface area contributed by atoms with Crippen molar-refractivity contribution in [2.24, 2.45) is 5.92 Å². The molecule has 0 aromatic carbocycles. The molecule has 1 aromatic heterocycles. The molecule has 21 heavy (non-hydrogen) atoms. The number of aromatic nitrogens is 3. The van der Waals surface area contributed by atoms with Gasteiger partial charge in [0.25, 0.3) is 5.91 Å². The van der Waals surface area contributed by atoms with Crippen molar-refractivity contribution in [2.45, 2.75) is 65.1 Å². The second kappa shape index (κ2) is 6.13. The molecule has 1 fully saturated rings. The first kappa shape index (κ1) is 15.9. The van der Waals surface area contributed by atoms with Crippen LogP contribution in [0.25, 0.3) is 0 Å². The minimum Gasteiger partial charge on any atom is -0.388 e. The summed E-state index contributed by atoms with van der Waals surface area (Å²) in [6, 6.07) is -0.147. The Balaban J connectivity index is 2.06. The topological polar surface area (TPSA) is 71.2 Å². The summed E-state index contributed by atoms with van der Waals surface area (Å²) in [5, 5.41) is 18.2. The minimum atomic E-state index is -0.889. The van der Waals surface area contributed by atoms with Crippen LogP contribution in [0.1, 0.15) is 57.4 Å². The van der Waals surface area contributed by atoms with Gasteiger partial charge in [-0.3, -0.25) is 9.48 Å². The van der Waals surface area contributed by atoms with E-state index >= 15 is 0 Å². The highest BCUT2D eigenvalue weighted by Crippen LogP contribution is 2.27. The van der Waals surface area contributed by atoms with Crippen molar-refractivity contribution in [1.82, 2.24) is 19.9 Å². The number of aliphatic hydroxyl groups is 1. The SMILES string of the molecule is CC(C)CCn1cc(C(=O)N2CCCC2C(C)(C)O)nn1. The maximum atomic E-state index is 12.6. The second-order valence-corrected chi connectivity index (χ2v) is 6.86. The molecule has 6 nitrogen and oxygen atoms in total. The summed E-state index contributed by atoms with van der Waals surface area (Å²) in [6.45, 7) is 9.26. The number of carbonyl (C=O) groups excluding carboxylic acids is 1. The smallest absolute Gasteiger partial charge is 0.276 e. The maximum Gasteiger partial charge on any atom is 0.276 e. The predicted molar refractivity (Wildman–Crippen MR) is 79.8 cm³/mol. The molecule has 1 amide bonds. The molecule has 2 heterocycles. The van der Waals surface area contributed by atoms with Gasteiger partial charge in [0.05, 0.1) is 17.8 Å². The lowest BCUT2D eigenvalue weighted by molar-refractivity contribution is 0.000113. The number of rotatable bonds is 5. The van der Waals surface area contributed by atoms with Gasteiger partial charge in [-0.05, 0) is 39.0 Å². The van der Waals surface area contributed by atoms with E-state index in [1.807, 2.05) is 0 Å². The highest BCUT2D eigenvalue weighted by atomic mass is 16.3. The Bertz CT molecular complexity index is 490. The van der Waals surface area contributed by atoms with Gasteiger partial charge in [-0.25, -0.2) is 0 Å². The molecule has 0 spiro atoms. The lowest BCUT2D eigenvalue weighted by Gasteiger charge is -2.33. The van der Waals surface area contributed by atoms with Crippen LogP contribution in [0.4, 0.5) is 0 Å². The van der Waals surface area contributed by atoms with Gasteiger partial charge in [-0.2, -0.15) is 0 Å². The van der Waals surface area contributed by atoms with Crippen molar-refractivity contribution in [3.05, 3.63) is 11.9 Å². The van der Waals surface area contributed by atoms with Crippen LogP contribution in [0.5, 0.6) is 0 Å². The number of carbonyl (C=O) groups is 1. The normalized spacial score (nSPS) is 19.5. The molecule has 1 saturated heterocycles. The molecule has 0 saturated carbocycles. The molecule has 6 heteroatoms. The fourth-order valence-corrected chi connectivity index (χ4v) is 2.79. The second-order valence-electron chi connectivity index (χ2n) is 6.86. The van der Waals surface area contributed by atoms with Crippen molar-refractivity contribution in [1.29, 1.82) is 0 Å². The molecule has 118 valence electrons. The standard InChI is InChI=1S/C15H26N4O2/c1-11(2)7-9-18-10-12(16-17-18)14(20)19-8-5-6-13(19)15(3,4)21/h10-11,13,21H,5-9H2,1-4H3. The third-order valence-electron chi connectivity index (χ3n) is 4.02. The van der Waals surface area contributed by atoms with Gasteiger partial charge in [-0.15, -0.1) is 5.10 Å². The summed E-state index contributed by atoms with van der Waals surface area (Å²) < 4.78 is 1.72. The lowest BCUT2D eigenvalue weighted by Crippen LogP contribution is -2.48. The van der Waals surface area contributed by atoms with E-state index in [4.69, 9.17) is 0 Å². The van der Waals surface area contributed by atoms with Crippen LogP contribution in [0.15, 0.2) is 6.20 Å². The van der Waals surface area contributed by atoms with Crippen LogP contribution in [0.2, 0.25) is 0 Å². The Morgan fingerprint density at radius 2 is 2.24 bits per heavy atom. The molecule has 0 aliphatic carbocycles. The van der Waals surface area contributed by atoms with Crippen molar-refractivity contribution in [2.75, 3.05) is 6.54 Å².